The molecule has 6 aromatic rings. The summed E-state index contributed by atoms with van der Waals surface area (Å²) in [5.74, 6) is -1.49. The van der Waals surface area contributed by atoms with Gasteiger partial charge in [-0.2, -0.15) is 9.80 Å². The number of ether oxygens (including phenoxy) is 4. The number of aromatic nitrogens is 2. The molecule has 4 heterocycles. The molecule has 27 heteroatoms. The molecular weight excluding hydrogens is 1370 g/mol. The summed E-state index contributed by atoms with van der Waals surface area (Å²) in [6.07, 6.45) is -3.74. The largest absolute Gasteiger partial charge is 1.00 e. The van der Waals surface area contributed by atoms with Gasteiger partial charge >= 0.3 is 162 Å². The van der Waals surface area contributed by atoms with Crippen LogP contribution < -0.4 is 158 Å². The number of anilines is 2. The Balaban J connectivity index is 0.000000636. The average molecular weight is 1430 g/mol. The molecule has 0 atom stereocenters. The number of halogens is 2. The van der Waals surface area contributed by atoms with Gasteiger partial charge < -0.3 is 39.6 Å². The van der Waals surface area contributed by atoms with Gasteiger partial charge in [0, 0.05) is 5.33 Å². The van der Waals surface area contributed by atoms with E-state index in [2.05, 4.69) is 36.4 Å². The summed E-state index contributed by atoms with van der Waals surface area (Å²) >= 11 is 3.38. The molecule has 0 aliphatic carbocycles. The maximum Gasteiger partial charge on any atom is 1.00 e. The van der Waals surface area contributed by atoms with Crippen LogP contribution in [0.15, 0.2) is 94.0 Å². The van der Waals surface area contributed by atoms with E-state index < -0.39 is 65.7 Å². The van der Waals surface area contributed by atoms with Crippen molar-refractivity contribution in [2.24, 2.45) is 0 Å². The van der Waals surface area contributed by atoms with Crippen LogP contribution in [0.1, 0.15) is 138 Å². The number of nitrogens with zero attached hydrogens (tertiary/aromatic N) is 5. The predicted molar refractivity (Wildman–Crippen MR) is 285 cm³/mol. The number of hydrogen-bond acceptors (Lipinski definition) is 19. The molecule has 4 aromatic carbocycles. The van der Waals surface area contributed by atoms with Crippen LogP contribution in [0.3, 0.4) is 0 Å². The van der Waals surface area contributed by atoms with Gasteiger partial charge in [0.2, 0.25) is 0 Å². The molecular formula is C54H60BrCs2FN6O17. The Bertz CT molecular complexity index is 3160. The molecule has 23 nitrogen and oxygen atoms in total. The number of benzene rings is 4. The maximum atomic E-state index is 13.0. The van der Waals surface area contributed by atoms with Crippen molar-refractivity contribution in [3.63, 3.8) is 0 Å². The van der Waals surface area contributed by atoms with Crippen LogP contribution in [-0.2, 0) is 40.5 Å². The minimum absolute atomic E-state index is 0. The van der Waals surface area contributed by atoms with Gasteiger partial charge in [-0.3, -0.25) is 38.6 Å². The van der Waals surface area contributed by atoms with Gasteiger partial charge in [-0.25, -0.2) is 19.2 Å². The predicted octanol–water partition coefficient (Wildman–Crippen LogP) is 4.41. The molecule has 0 radical (unpaired) electrons. The van der Waals surface area contributed by atoms with Gasteiger partial charge in [-0.15, -0.1) is 0 Å². The number of nitrogens with one attached hydrogen (secondary N) is 1. The topological polar surface area (TPSA) is 297 Å². The fraction of sp³-hybridized carbons (Fsp3) is 0.352. The Labute approximate surface area is 594 Å². The van der Waals surface area contributed by atoms with E-state index >= 15 is 0 Å². The van der Waals surface area contributed by atoms with Crippen LogP contribution in [-0.4, -0.2) is 99.2 Å². The molecule has 0 fully saturated rings. The second kappa shape index (κ2) is 31.4. The molecule has 2 aromatic heterocycles. The van der Waals surface area contributed by atoms with Crippen LogP contribution in [0.2, 0.25) is 0 Å². The van der Waals surface area contributed by atoms with Crippen LogP contribution in [0.5, 0.6) is 0 Å². The fourth-order valence-corrected chi connectivity index (χ4v) is 7.21. The Morgan fingerprint density at radius 3 is 1.25 bits per heavy atom. The van der Waals surface area contributed by atoms with E-state index in [1.165, 1.54) is 0 Å². The van der Waals surface area contributed by atoms with Crippen molar-refractivity contribution in [2.45, 2.75) is 117 Å². The molecule has 0 saturated carbocycles. The van der Waals surface area contributed by atoms with Gasteiger partial charge in [-0.05, 0) is 143 Å². The first-order valence-corrected chi connectivity index (χ1v) is 24.7. The smallest absolute Gasteiger partial charge is 1.00 e. The standard InChI is InChI=1S/C26H27N3O7.C18H23BrN2O5.C8H5NO2.CH3F.CH2O3.2Cs.H/c1-25(2,3)34-23(32)29(24(33)35-26(4,5)6)20-18-13-15(11-12-19(18)36-27-20)14-28-21(30)16-9-7-8-10-17(16)22(28)31;1-17(2,3)24-15(22)21(16(23)25-18(4,5)6)14-12-9-11(10-19)7-8-13(12)26-20-14;10-7-5-3-1-2-4-6(5)8(11)9-7;1-2;2-1-4-3;;;/h7-13H,14H2,1-6H3;7-9H,10H2,1-6H3;1-4H,(H,9,10,11);1H3;1,3H;;;/q;;;;;2*+1;-1/p-1/i;;;1D;;;;. The molecule has 8 amide bonds. The van der Waals surface area contributed by atoms with Crippen LogP contribution >= 0.6 is 15.9 Å². The van der Waals surface area contributed by atoms with Gasteiger partial charge in [0.05, 0.1) is 48.1 Å². The quantitative estimate of drug-likeness (QED) is 0.0603. The summed E-state index contributed by atoms with van der Waals surface area (Å²) in [4.78, 5) is 113. The molecule has 0 unspecified atom stereocenters. The number of carbonyl (C=O) groups is 9. The van der Waals surface area contributed by atoms with Crippen LogP contribution in [0.25, 0.3) is 21.9 Å². The summed E-state index contributed by atoms with van der Waals surface area (Å²) < 4.78 is 47.7. The van der Waals surface area contributed by atoms with E-state index in [-0.39, 0.29) is 181 Å². The summed E-state index contributed by atoms with van der Waals surface area (Å²) in [5.41, 5.74) is 0.484. The van der Waals surface area contributed by atoms with E-state index in [0.29, 0.717) is 54.4 Å². The van der Waals surface area contributed by atoms with Crippen molar-refractivity contribution in [3.8, 4) is 0 Å². The maximum absolute atomic E-state index is 13.0. The van der Waals surface area contributed by atoms with Crippen molar-refractivity contribution in [3.05, 3.63) is 118 Å². The monoisotopic (exact) mass is 1430 g/mol. The molecule has 0 bridgehead atoms. The van der Waals surface area contributed by atoms with E-state index in [4.69, 9.17) is 39.4 Å². The molecule has 0 saturated heterocycles. The van der Waals surface area contributed by atoms with E-state index in [1.807, 2.05) is 6.07 Å². The van der Waals surface area contributed by atoms with Gasteiger partial charge in [0.25, 0.3) is 30.1 Å². The summed E-state index contributed by atoms with van der Waals surface area (Å²) in [7, 11) is -1.00. The average Bonchev–Trinajstić information content (AvgIpc) is 4.10. The third-order valence-corrected chi connectivity index (χ3v) is 10.5. The third kappa shape index (κ3) is 20.7. The van der Waals surface area contributed by atoms with Crippen LogP contribution in [0.4, 0.5) is 35.2 Å². The van der Waals surface area contributed by atoms with E-state index in [9.17, 15) is 42.7 Å². The molecule has 81 heavy (non-hydrogen) atoms. The number of fused-ring (bicyclic) bond motifs is 4. The number of rotatable bonds is 6. The first kappa shape index (κ1) is 70.8. The van der Waals surface area contributed by atoms with Crippen molar-refractivity contribution in [1.82, 2.24) is 20.5 Å². The van der Waals surface area contributed by atoms with Crippen molar-refractivity contribution in [1.29, 1.82) is 0 Å². The minimum Gasteiger partial charge on any atom is -1.00 e. The summed E-state index contributed by atoms with van der Waals surface area (Å²) in [6, 6.07) is 23.6. The zero-order chi connectivity index (χ0) is 60.1. The van der Waals surface area contributed by atoms with E-state index in [0.717, 1.165) is 15.4 Å². The summed E-state index contributed by atoms with van der Waals surface area (Å²) in [6.45, 7) is 20.1. The van der Waals surface area contributed by atoms with Crippen molar-refractivity contribution < 1.29 is 226 Å². The Morgan fingerprint density at radius 2 is 0.938 bits per heavy atom. The summed E-state index contributed by atoms with van der Waals surface area (Å²) in [5, 5.41) is 19.9. The normalized spacial score (nSPS) is 12.4. The zero-order valence-corrected chi connectivity index (χ0v) is 61.4. The minimum atomic E-state index is -1.00. The number of alkyl halides is 2. The molecule has 2 aliphatic heterocycles. The van der Waals surface area contributed by atoms with Crippen molar-refractivity contribution in [2.75, 3.05) is 17.0 Å². The Hall–Kier alpha value is -4.48. The number of amides is 8. The molecule has 424 valence electrons. The molecule has 0 spiro atoms. The number of imide groups is 4. The Morgan fingerprint density at radius 1 is 0.630 bits per heavy atom. The van der Waals surface area contributed by atoms with E-state index in [1.54, 1.807) is 162 Å². The number of hydrogen-bond donors (Lipinski definition) is 1. The van der Waals surface area contributed by atoms with Gasteiger partial charge in [0.15, 0.2) is 22.8 Å². The zero-order valence-electron chi connectivity index (χ0n) is 49.2. The fourth-order valence-electron chi connectivity index (χ4n) is 6.86. The SMILES string of the molecule is CC(C)(C)OC(=O)N(C(=O)OC(C)(C)C)c1noc2ccc(CBr)cc12.CC(C)(C)OC(=O)N(C(=O)OC(C)(C)C)c1noc2ccc(CN3C(=O)c4ccccc4C3=O)cc12.O=C1NC(=O)c2ccccc21.O=CO[O-].[2H]CF.[Cs+].[Cs+].[H-]. The second-order valence-corrected chi connectivity index (χ2v) is 21.2. The molecule has 2 aliphatic rings. The van der Waals surface area contributed by atoms with Gasteiger partial charge in [-0.1, -0.05) is 62.6 Å². The second-order valence-electron chi connectivity index (χ2n) is 20.7. The van der Waals surface area contributed by atoms with Crippen LogP contribution in [0, 0.1) is 0 Å². The third-order valence-electron chi connectivity index (χ3n) is 9.81. The van der Waals surface area contributed by atoms with Gasteiger partial charge in [0.1, 0.15) is 22.4 Å². The molecule has 1 N–H and O–H groups in total. The number of carbonyl (C=O) groups excluding carboxylic acids is 9. The Kier molecular flexibility index (Phi) is 27.5. The first-order chi connectivity index (χ1) is 37.3. The van der Waals surface area contributed by atoms with Crippen molar-refractivity contribution >= 4 is 104 Å². The first-order valence-electron chi connectivity index (χ1n) is 24.3. The molecule has 8 rings (SSSR count).